The quantitative estimate of drug-likeness (QED) is 0.451. The molecule has 0 unspecified atom stereocenters. The number of rotatable bonds is 2. The molecule has 0 aliphatic rings. The molecule has 0 N–H and O–H groups in total. The first-order chi connectivity index (χ1) is 7.69. The Bertz CT molecular complexity index is 446. The Morgan fingerprint density at radius 1 is 1.56 bits per heavy atom. The molecule has 0 bridgehead atoms. The van der Waals surface area contributed by atoms with Gasteiger partial charge in [0.25, 0.3) is 0 Å². The smallest absolute Gasteiger partial charge is 0.340 e. The zero-order valence-corrected chi connectivity index (χ0v) is 9.47. The SMILES string of the molecule is COC(=O)c1ccc(C#CCCCl)cc1F. The van der Waals surface area contributed by atoms with E-state index in [1.165, 1.54) is 19.2 Å². The molecule has 0 radical (unpaired) electrons. The van der Waals surface area contributed by atoms with Gasteiger partial charge in [-0.25, -0.2) is 9.18 Å². The number of methoxy groups -OCH3 is 1. The van der Waals surface area contributed by atoms with Crippen LogP contribution in [0, 0.1) is 17.7 Å². The summed E-state index contributed by atoms with van der Waals surface area (Å²) in [7, 11) is 1.20. The van der Waals surface area contributed by atoms with E-state index in [0.29, 0.717) is 17.9 Å². The van der Waals surface area contributed by atoms with E-state index in [-0.39, 0.29) is 5.56 Å². The van der Waals surface area contributed by atoms with Gasteiger partial charge < -0.3 is 4.74 Å². The Kier molecular flexibility index (Phi) is 4.81. The molecule has 0 atom stereocenters. The van der Waals surface area contributed by atoms with Gasteiger partial charge >= 0.3 is 5.97 Å². The van der Waals surface area contributed by atoms with Crippen molar-refractivity contribution in [2.45, 2.75) is 6.42 Å². The summed E-state index contributed by atoms with van der Waals surface area (Å²) in [6.07, 6.45) is 0.544. The molecule has 0 fully saturated rings. The van der Waals surface area contributed by atoms with Crippen molar-refractivity contribution in [1.82, 2.24) is 0 Å². The van der Waals surface area contributed by atoms with E-state index in [0.717, 1.165) is 0 Å². The number of hydrogen-bond donors (Lipinski definition) is 0. The Morgan fingerprint density at radius 2 is 2.31 bits per heavy atom. The van der Waals surface area contributed by atoms with E-state index in [2.05, 4.69) is 16.6 Å². The monoisotopic (exact) mass is 240 g/mol. The van der Waals surface area contributed by atoms with Gasteiger partial charge in [-0.3, -0.25) is 0 Å². The van der Waals surface area contributed by atoms with Crippen LogP contribution in [0.15, 0.2) is 18.2 Å². The van der Waals surface area contributed by atoms with E-state index in [1.807, 2.05) is 0 Å². The zero-order chi connectivity index (χ0) is 12.0. The minimum Gasteiger partial charge on any atom is -0.465 e. The number of carbonyl (C=O) groups excluding carboxylic acids is 1. The molecule has 0 aliphatic heterocycles. The highest BCUT2D eigenvalue weighted by Gasteiger charge is 2.11. The lowest BCUT2D eigenvalue weighted by atomic mass is 10.1. The molecule has 0 saturated carbocycles. The van der Waals surface area contributed by atoms with Crippen molar-refractivity contribution in [3.05, 3.63) is 35.1 Å². The molecule has 0 heterocycles. The third kappa shape index (κ3) is 3.25. The second kappa shape index (κ2) is 6.14. The first-order valence-electron chi connectivity index (χ1n) is 4.61. The van der Waals surface area contributed by atoms with Gasteiger partial charge in [-0.1, -0.05) is 11.8 Å². The summed E-state index contributed by atoms with van der Waals surface area (Å²) in [4.78, 5) is 11.1. The van der Waals surface area contributed by atoms with Gasteiger partial charge in [0.2, 0.25) is 0 Å². The van der Waals surface area contributed by atoms with Crippen molar-refractivity contribution in [2.24, 2.45) is 0 Å². The summed E-state index contributed by atoms with van der Waals surface area (Å²) in [6.45, 7) is 0. The van der Waals surface area contributed by atoms with Crippen LogP contribution in [-0.2, 0) is 4.74 Å². The van der Waals surface area contributed by atoms with Gasteiger partial charge in [-0.05, 0) is 18.2 Å². The van der Waals surface area contributed by atoms with Gasteiger partial charge in [0.1, 0.15) is 5.82 Å². The summed E-state index contributed by atoms with van der Waals surface area (Å²) in [5, 5.41) is 0. The van der Waals surface area contributed by atoms with Crippen LogP contribution in [0.5, 0.6) is 0 Å². The maximum atomic E-state index is 13.4. The Morgan fingerprint density at radius 3 is 2.88 bits per heavy atom. The number of ether oxygens (including phenoxy) is 1. The Balaban J connectivity index is 2.92. The molecule has 0 aliphatic carbocycles. The number of esters is 1. The fourth-order valence-electron chi connectivity index (χ4n) is 1.08. The van der Waals surface area contributed by atoms with E-state index < -0.39 is 11.8 Å². The minimum atomic E-state index is -0.697. The van der Waals surface area contributed by atoms with Crippen molar-refractivity contribution in [3.63, 3.8) is 0 Å². The summed E-state index contributed by atoms with van der Waals surface area (Å²) in [5.41, 5.74) is 0.417. The van der Waals surface area contributed by atoms with E-state index >= 15 is 0 Å². The van der Waals surface area contributed by atoms with Crippen LogP contribution in [0.25, 0.3) is 0 Å². The first-order valence-corrected chi connectivity index (χ1v) is 5.15. The lowest BCUT2D eigenvalue weighted by Crippen LogP contribution is -2.04. The summed E-state index contributed by atoms with van der Waals surface area (Å²) < 4.78 is 17.8. The second-order valence-electron chi connectivity index (χ2n) is 2.93. The van der Waals surface area contributed by atoms with Crippen LogP contribution in [0.2, 0.25) is 0 Å². The third-order valence-corrected chi connectivity index (χ3v) is 2.02. The molecular formula is C12H10ClFO2. The normalized spacial score (nSPS) is 9.19. The van der Waals surface area contributed by atoms with Crippen LogP contribution in [0.1, 0.15) is 22.3 Å². The van der Waals surface area contributed by atoms with E-state index in [4.69, 9.17) is 11.6 Å². The molecule has 4 heteroatoms. The molecule has 16 heavy (non-hydrogen) atoms. The molecule has 84 valence electrons. The minimum absolute atomic E-state index is 0.0922. The van der Waals surface area contributed by atoms with Crippen LogP contribution in [-0.4, -0.2) is 19.0 Å². The molecule has 0 spiro atoms. The number of carbonyl (C=O) groups is 1. The van der Waals surface area contributed by atoms with Crippen molar-refractivity contribution < 1.29 is 13.9 Å². The van der Waals surface area contributed by atoms with Crippen molar-refractivity contribution in [3.8, 4) is 11.8 Å². The molecule has 2 nitrogen and oxygen atoms in total. The maximum Gasteiger partial charge on any atom is 0.340 e. The predicted molar refractivity (Wildman–Crippen MR) is 60.0 cm³/mol. The number of alkyl halides is 1. The molecule has 1 aromatic carbocycles. The molecular weight excluding hydrogens is 231 g/mol. The second-order valence-corrected chi connectivity index (χ2v) is 3.30. The average molecular weight is 241 g/mol. The number of hydrogen-bond acceptors (Lipinski definition) is 2. The Hall–Kier alpha value is -1.53. The predicted octanol–water partition coefficient (Wildman–Crippen LogP) is 2.59. The summed E-state index contributed by atoms with van der Waals surface area (Å²) in [6, 6.07) is 4.12. The molecule has 0 amide bonds. The van der Waals surface area contributed by atoms with Crippen molar-refractivity contribution >= 4 is 17.6 Å². The molecule has 0 aromatic heterocycles. The highest BCUT2D eigenvalue weighted by Crippen LogP contribution is 2.10. The first kappa shape index (κ1) is 12.5. The van der Waals surface area contributed by atoms with Crippen LogP contribution < -0.4 is 0 Å². The average Bonchev–Trinajstić information content (AvgIpc) is 2.29. The fraction of sp³-hybridized carbons (Fsp3) is 0.250. The van der Waals surface area contributed by atoms with Gasteiger partial charge in [0.15, 0.2) is 0 Å². The van der Waals surface area contributed by atoms with Crippen LogP contribution in [0.4, 0.5) is 4.39 Å². The van der Waals surface area contributed by atoms with E-state index in [9.17, 15) is 9.18 Å². The summed E-state index contributed by atoms with van der Waals surface area (Å²) in [5.74, 6) is 4.63. The van der Waals surface area contributed by atoms with Gasteiger partial charge in [0.05, 0.1) is 12.7 Å². The molecule has 0 saturated heterocycles. The number of halogens is 2. The largest absolute Gasteiger partial charge is 0.465 e. The van der Waals surface area contributed by atoms with Crippen LogP contribution >= 0.6 is 11.6 Å². The highest BCUT2D eigenvalue weighted by molar-refractivity contribution is 6.18. The Labute approximate surface area is 98.4 Å². The lowest BCUT2D eigenvalue weighted by Gasteiger charge is -2.00. The topological polar surface area (TPSA) is 26.3 Å². The van der Waals surface area contributed by atoms with Gasteiger partial charge in [0, 0.05) is 17.9 Å². The highest BCUT2D eigenvalue weighted by atomic mass is 35.5. The fourth-order valence-corrected chi connectivity index (χ4v) is 1.17. The van der Waals surface area contributed by atoms with Crippen molar-refractivity contribution in [1.29, 1.82) is 0 Å². The molecule has 1 aromatic rings. The maximum absolute atomic E-state index is 13.4. The lowest BCUT2D eigenvalue weighted by molar-refractivity contribution is 0.0595. The summed E-state index contributed by atoms with van der Waals surface area (Å²) >= 11 is 5.45. The zero-order valence-electron chi connectivity index (χ0n) is 8.72. The van der Waals surface area contributed by atoms with Crippen molar-refractivity contribution in [2.75, 3.05) is 13.0 Å². The van der Waals surface area contributed by atoms with Gasteiger partial charge in [-0.15, -0.1) is 11.6 Å². The van der Waals surface area contributed by atoms with Crippen LogP contribution in [0.3, 0.4) is 0 Å². The van der Waals surface area contributed by atoms with Gasteiger partial charge in [-0.2, -0.15) is 0 Å². The number of benzene rings is 1. The third-order valence-electron chi connectivity index (χ3n) is 1.83. The standard InChI is InChI=1S/C12H10ClFO2/c1-16-12(15)10-6-5-9(8-11(10)14)4-2-3-7-13/h5-6,8H,3,7H2,1H3. The molecule has 1 rings (SSSR count). The van der Waals surface area contributed by atoms with E-state index in [1.54, 1.807) is 6.07 Å².